The van der Waals surface area contributed by atoms with Crippen molar-refractivity contribution in [1.82, 2.24) is 0 Å². The number of hydrogen-bond acceptors (Lipinski definition) is 3. The van der Waals surface area contributed by atoms with Crippen LogP contribution in [-0.2, 0) is 0 Å². The molecule has 0 unspecified atom stereocenters. The largest absolute Gasteiger partial charge is 0.497 e. The topological polar surface area (TPSA) is 27.7 Å². The second-order valence-corrected chi connectivity index (χ2v) is 11.1. The molecule has 0 aliphatic rings. The Balaban J connectivity index is 2.06. The lowest BCUT2D eigenvalue weighted by Gasteiger charge is -2.28. The fourth-order valence-electron chi connectivity index (χ4n) is 3.98. The van der Waals surface area contributed by atoms with Crippen molar-refractivity contribution in [2.24, 2.45) is 0 Å². The first kappa shape index (κ1) is 22.2. The predicted molar refractivity (Wildman–Crippen MR) is 136 cm³/mol. The van der Waals surface area contributed by atoms with E-state index in [4.69, 9.17) is 25.8 Å². The molecule has 0 atom stereocenters. The molecule has 3 nitrogen and oxygen atoms in total. The van der Waals surface area contributed by atoms with E-state index in [-0.39, 0.29) is 0 Å². The summed E-state index contributed by atoms with van der Waals surface area (Å²) >= 11 is 6.28. The maximum atomic E-state index is 6.28. The lowest BCUT2D eigenvalue weighted by molar-refractivity contribution is 0.415. The predicted octanol–water partition coefficient (Wildman–Crippen LogP) is 4.99. The van der Waals surface area contributed by atoms with Crippen LogP contribution in [-0.4, -0.2) is 21.3 Å². The van der Waals surface area contributed by atoms with Crippen LogP contribution >= 0.6 is 18.9 Å². The van der Waals surface area contributed by atoms with Crippen molar-refractivity contribution < 1.29 is 14.2 Å². The van der Waals surface area contributed by atoms with Crippen molar-refractivity contribution in [3.63, 3.8) is 0 Å². The Morgan fingerprint density at radius 3 is 0.938 bits per heavy atom. The number of halogens is 1. The van der Waals surface area contributed by atoms with Gasteiger partial charge in [-0.25, -0.2) is 0 Å². The van der Waals surface area contributed by atoms with E-state index in [0.29, 0.717) is 5.02 Å². The molecule has 0 aromatic heterocycles. The monoisotopic (exact) mass is 463 g/mol. The van der Waals surface area contributed by atoms with Crippen molar-refractivity contribution >= 4 is 40.1 Å². The van der Waals surface area contributed by atoms with E-state index in [1.165, 1.54) is 21.2 Å². The van der Waals surface area contributed by atoms with E-state index in [1.807, 2.05) is 48.5 Å². The van der Waals surface area contributed by atoms with Gasteiger partial charge in [-0.15, -0.1) is 0 Å². The van der Waals surface area contributed by atoms with Gasteiger partial charge in [0.2, 0.25) is 0 Å². The van der Waals surface area contributed by atoms with Gasteiger partial charge >= 0.3 is 0 Å². The van der Waals surface area contributed by atoms with Crippen LogP contribution in [0.25, 0.3) is 0 Å². The third-order valence-corrected chi connectivity index (χ3v) is 10.1. The fraction of sp³-hybridized carbons (Fsp3) is 0.111. The minimum absolute atomic E-state index is 0.714. The van der Waals surface area contributed by atoms with Gasteiger partial charge in [0.15, 0.2) is 0 Å². The Labute approximate surface area is 194 Å². The van der Waals surface area contributed by atoms with Gasteiger partial charge in [-0.1, -0.05) is 11.6 Å². The van der Waals surface area contributed by atoms with Gasteiger partial charge in [0.25, 0.3) is 0 Å². The van der Waals surface area contributed by atoms with Crippen LogP contribution in [0, 0.1) is 0 Å². The Morgan fingerprint density at radius 2 is 0.688 bits per heavy atom. The molecular weight excluding hydrogens is 439 g/mol. The first-order chi connectivity index (χ1) is 15.6. The highest BCUT2D eigenvalue weighted by atomic mass is 35.5. The highest BCUT2D eigenvalue weighted by Gasteiger charge is 2.48. The SMILES string of the molecule is COc1ccc([P+](c2ccc(Cl)cc2)(c2ccc(OC)cc2)c2ccc(OC)cc2)cc1. The summed E-state index contributed by atoms with van der Waals surface area (Å²) in [4.78, 5) is 0. The van der Waals surface area contributed by atoms with Crippen molar-refractivity contribution in [2.75, 3.05) is 21.3 Å². The van der Waals surface area contributed by atoms with Gasteiger partial charge in [0, 0.05) is 5.02 Å². The maximum Gasteiger partial charge on any atom is 0.144 e. The number of benzene rings is 4. The van der Waals surface area contributed by atoms with E-state index in [9.17, 15) is 0 Å². The highest BCUT2D eigenvalue weighted by molar-refractivity contribution is 8.01. The number of hydrogen-bond donors (Lipinski definition) is 0. The van der Waals surface area contributed by atoms with Gasteiger partial charge in [0.05, 0.1) is 21.3 Å². The van der Waals surface area contributed by atoms with E-state index < -0.39 is 7.26 Å². The van der Waals surface area contributed by atoms with Crippen molar-refractivity contribution in [3.05, 3.63) is 102 Å². The summed E-state index contributed by atoms with van der Waals surface area (Å²) in [5.41, 5.74) is 0. The summed E-state index contributed by atoms with van der Waals surface area (Å²) in [5, 5.41) is 5.58. The summed E-state index contributed by atoms with van der Waals surface area (Å²) in [5.74, 6) is 2.48. The second kappa shape index (κ2) is 9.65. The molecule has 0 aliphatic carbocycles. The second-order valence-electron chi connectivity index (χ2n) is 7.24. The first-order valence-electron chi connectivity index (χ1n) is 10.2. The third kappa shape index (κ3) is 4.07. The Hall–Kier alpha value is -3.00. The van der Waals surface area contributed by atoms with E-state index in [1.54, 1.807) is 21.3 Å². The zero-order valence-electron chi connectivity index (χ0n) is 18.3. The molecule has 0 bridgehead atoms. The maximum absolute atomic E-state index is 6.28. The average Bonchev–Trinajstić information content (AvgIpc) is 2.86. The molecule has 0 N–H and O–H groups in total. The number of rotatable bonds is 7. The molecule has 162 valence electrons. The molecule has 0 radical (unpaired) electrons. The van der Waals surface area contributed by atoms with Gasteiger partial charge in [-0.3, -0.25) is 0 Å². The first-order valence-corrected chi connectivity index (χ1v) is 12.4. The molecule has 4 aromatic carbocycles. The number of ether oxygens (including phenoxy) is 3. The summed E-state index contributed by atoms with van der Waals surface area (Å²) < 4.78 is 16.3. The van der Waals surface area contributed by atoms with Crippen LogP contribution in [0.3, 0.4) is 0 Å². The van der Waals surface area contributed by atoms with Gasteiger partial charge in [-0.05, 0) is 97.1 Å². The molecule has 4 rings (SSSR count). The van der Waals surface area contributed by atoms with Crippen LogP contribution < -0.4 is 35.4 Å². The molecular formula is C27H25ClO3P+. The highest BCUT2D eigenvalue weighted by Crippen LogP contribution is 2.54. The van der Waals surface area contributed by atoms with E-state index in [0.717, 1.165) is 17.2 Å². The molecule has 0 saturated carbocycles. The molecule has 0 aliphatic heterocycles. The van der Waals surface area contributed by atoms with Crippen molar-refractivity contribution in [1.29, 1.82) is 0 Å². The average molecular weight is 464 g/mol. The zero-order chi connectivity index (χ0) is 22.6. The van der Waals surface area contributed by atoms with Crippen LogP contribution in [0.5, 0.6) is 17.2 Å². The Bertz CT molecular complexity index is 1040. The standard InChI is InChI=1S/C27H25ClO3P/c1-29-21-6-14-25(15-7-21)32(24-12-4-20(28)5-13-24,26-16-8-22(30-2)9-17-26)27-18-10-23(31-3)11-19-27/h4-19H,1-3H3/q+1. The minimum atomic E-state index is -2.24. The molecule has 0 fully saturated rings. The van der Waals surface area contributed by atoms with Gasteiger partial charge in [0.1, 0.15) is 45.7 Å². The van der Waals surface area contributed by atoms with E-state index >= 15 is 0 Å². The molecule has 0 spiro atoms. The summed E-state index contributed by atoms with van der Waals surface area (Å²) in [6.07, 6.45) is 0. The quantitative estimate of drug-likeness (QED) is 0.362. The summed E-state index contributed by atoms with van der Waals surface area (Å²) in [6.45, 7) is 0. The zero-order valence-corrected chi connectivity index (χ0v) is 19.9. The van der Waals surface area contributed by atoms with Gasteiger partial charge < -0.3 is 14.2 Å². The fourth-order valence-corrected chi connectivity index (χ4v) is 8.28. The van der Waals surface area contributed by atoms with E-state index in [2.05, 4.69) is 48.5 Å². The molecule has 0 amide bonds. The smallest absolute Gasteiger partial charge is 0.144 e. The van der Waals surface area contributed by atoms with Crippen LogP contribution in [0.2, 0.25) is 5.02 Å². The van der Waals surface area contributed by atoms with Crippen LogP contribution in [0.1, 0.15) is 0 Å². The lowest BCUT2D eigenvalue weighted by Crippen LogP contribution is -2.38. The number of methoxy groups -OCH3 is 3. The van der Waals surface area contributed by atoms with Crippen LogP contribution in [0.15, 0.2) is 97.1 Å². The third-order valence-electron chi connectivity index (χ3n) is 5.59. The van der Waals surface area contributed by atoms with Crippen molar-refractivity contribution in [3.8, 4) is 17.2 Å². The van der Waals surface area contributed by atoms with Gasteiger partial charge in [-0.2, -0.15) is 0 Å². The minimum Gasteiger partial charge on any atom is -0.497 e. The Kier molecular flexibility index (Phi) is 6.69. The Morgan fingerprint density at radius 1 is 0.438 bits per heavy atom. The molecule has 0 saturated heterocycles. The lowest BCUT2D eigenvalue weighted by atomic mass is 10.3. The normalized spacial score (nSPS) is 11.1. The van der Waals surface area contributed by atoms with Crippen molar-refractivity contribution in [2.45, 2.75) is 0 Å². The summed E-state index contributed by atoms with van der Waals surface area (Å²) in [6, 6.07) is 33.3. The summed E-state index contributed by atoms with van der Waals surface area (Å²) in [7, 11) is 2.81. The molecule has 32 heavy (non-hydrogen) atoms. The molecule has 0 heterocycles. The molecule has 5 heteroatoms. The molecule has 4 aromatic rings. The van der Waals surface area contributed by atoms with Crippen LogP contribution in [0.4, 0.5) is 0 Å².